The molecule has 2 aromatic rings. The Morgan fingerprint density at radius 2 is 1.66 bits per heavy atom. The van der Waals surface area contributed by atoms with Crippen LogP contribution in [0.2, 0.25) is 10.0 Å². The van der Waals surface area contributed by atoms with Gasteiger partial charge in [0.25, 0.3) is 0 Å². The predicted octanol–water partition coefficient (Wildman–Crippen LogP) is 5.18. The second kappa shape index (κ2) is 14.0. The van der Waals surface area contributed by atoms with E-state index in [1.54, 1.807) is 36.4 Å². The standard InChI is InChI=1S/C29H37Cl2N3O6S/c1-3-25(29(36)32-20-9-6-5-7-10-20)33(18-22-23(30)11-8-12-24(22)31)28(35)19-34(41(37,38)4-2)21-13-14-26-27(17-21)40-16-15-39-26/h8,11-14,17,20,25H,3-7,9-10,15-16,18-19H2,1-2H3,(H,32,36)/t25-/m0/s1. The first kappa shape index (κ1) is 31.3. The lowest BCUT2D eigenvalue weighted by Gasteiger charge is -2.35. The lowest BCUT2D eigenvalue weighted by atomic mass is 9.95. The number of nitrogens with one attached hydrogen (secondary N) is 1. The molecular formula is C29H37Cl2N3O6S. The molecule has 0 aromatic heterocycles. The summed E-state index contributed by atoms with van der Waals surface area (Å²) in [6, 6.07) is 8.97. The molecule has 1 fully saturated rings. The van der Waals surface area contributed by atoms with Crippen molar-refractivity contribution in [3.8, 4) is 11.5 Å². The summed E-state index contributed by atoms with van der Waals surface area (Å²) < 4.78 is 38.9. The van der Waals surface area contributed by atoms with Crippen molar-refractivity contribution in [3.63, 3.8) is 0 Å². The third-order valence-electron chi connectivity index (χ3n) is 7.52. The lowest BCUT2D eigenvalue weighted by molar-refractivity contribution is -0.140. The zero-order chi connectivity index (χ0) is 29.6. The maximum absolute atomic E-state index is 14.1. The first-order valence-electron chi connectivity index (χ1n) is 14.1. The summed E-state index contributed by atoms with van der Waals surface area (Å²) >= 11 is 12.9. The van der Waals surface area contributed by atoms with E-state index in [4.69, 9.17) is 32.7 Å². The Morgan fingerprint density at radius 3 is 2.29 bits per heavy atom. The van der Waals surface area contributed by atoms with Crippen molar-refractivity contribution in [3.05, 3.63) is 52.0 Å². The van der Waals surface area contributed by atoms with Crippen LogP contribution in [-0.2, 0) is 26.2 Å². The molecule has 0 saturated heterocycles. The summed E-state index contributed by atoms with van der Waals surface area (Å²) in [5.74, 6) is -0.167. The van der Waals surface area contributed by atoms with Crippen LogP contribution >= 0.6 is 23.2 Å². The molecule has 2 amide bonds. The number of anilines is 1. The number of sulfonamides is 1. The van der Waals surface area contributed by atoms with Gasteiger partial charge in [0.2, 0.25) is 21.8 Å². The van der Waals surface area contributed by atoms with Crippen LogP contribution in [0.25, 0.3) is 0 Å². The van der Waals surface area contributed by atoms with Crippen LogP contribution in [-0.4, -0.2) is 62.7 Å². The van der Waals surface area contributed by atoms with Gasteiger partial charge in [-0.15, -0.1) is 0 Å². The van der Waals surface area contributed by atoms with E-state index in [1.807, 2.05) is 6.92 Å². The SMILES string of the molecule is CC[C@@H](C(=O)NC1CCCCC1)N(Cc1c(Cl)cccc1Cl)C(=O)CN(c1ccc2c(c1)OCCO2)S(=O)(=O)CC. The van der Waals surface area contributed by atoms with Gasteiger partial charge in [-0.3, -0.25) is 13.9 Å². The van der Waals surface area contributed by atoms with E-state index < -0.39 is 28.5 Å². The second-order valence-electron chi connectivity index (χ2n) is 10.2. The number of carbonyl (C=O) groups is 2. The molecule has 12 heteroatoms. The second-order valence-corrected chi connectivity index (χ2v) is 13.2. The van der Waals surface area contributed by atoms with Crippen LogP contribution in [0.3, 0.4) is 0 Å². The van der Waals surface area contributed by atoms with E-state index in [9.17, 15) is 18.0 Å². The van der Waals surface area contributed by atoms with E-state index in [0.29, 0.717) is 46.7 Å². The Morgan fingerprint density at radius 1 is 1.00 bits per heavy atom. The number of hydrogen-bond donors (Lipinski definition) is 1. The molecule has 0 unspecified atom stereocenters. The molecule has 1 atom stereocenters. The monoisotopic (exact) mass is 625 g/mol. The molecule has 224 valence electrons. The smallest absolute Gasteiger partial charge is 0.244 e. The van der Waals surface area contributed by atoms with Crippen molar-refractivity contribution in [2.75, 3.05) is 29.8 Å². The zero-order valence-corrected chi connectivity index (χ0v) is 25.7. The van der Waals surface area contributed by atoms with Gasteiger partial charge < -0.3 is 19.7 Å². The molecule has 0 radical (unpaired) electrons. The van der Waals surface area contributed by atoms with E-state index in [0.717, 1.165) is 36.4 Å². The molecule has 2 aromatic carbocycles. The van der Waals surface area contributed by atoms with E-state index in [-0.39, 0.29) is 29.9 Å². The summed E-state index contributed by atoms with van der Waals surface area (Å²) in [6.45, 7) is 3.47. The molecule has 4 rings (SSSR count). The molecule has 1 aliphatic heterocycles. The van der Waals surface area contributed by atoms with Crippen LogP contribution in [0.1, 0.15) is 57.9 Å². The number of fused-ring (bicyclic) bond motifs is 1. The molecule has 1 heterocycles. The van der Waals surface area contributed by atoms with Crippen molar-refractivity contribution in [1.82, 2.24) is 10.2 Å². The van der Waals surface area contributed by atoms with Crippen LogP contribution in [0.5, 0.6) is 11.5 Å². The van der Waals surface area contributed by atoms with Crippen LogP contribution in [0, 0.1) is 0 Å². The summed E-state index contributed by atoms with van der Waals surface area (Å²) in [4.78, 5) is 29.1. The van der Waals surface area contributed by atoms with E-state index >= 15 is 0 Å². The Hall–Kier alpha value is -2.69. The third kappa shape index (κ3) is 7.59. The Balaban J connectivity index is 1.68. The lowest BCUT2D eigenvalue weighted by Crippen LogP contribution is -2.54. The summed E-state index contributed by atoms with van der Waals surface area (Å²) in [6.07, 6.45) is 5.31. The molecule has 41 heavy (non-hydrogen) atoms. The first-order valence-corrected chi connectivity index (χ1v) is 16.4. The molecule has 1 aliphatic carbocycles. The molecule has 2 aliphatic rings. The van der Waals surface area contributed by atoms with Gasteiger partial charge in [-0.05, 0) is 50.5 Å². The third-order valence-corrected chi connectivity index (χ3v) is 9.97. The quantitative estimate of drug-likeness (QED) is 0.369. The molecule has 0 spiro atoms. The highest BCUT2D eigenvalue weighted by atomic mass is 35.5. The molecule has 0 bridgehead atoms. The van der Waals surface area contributed by atoms with E-state index in [1.165, 1.54) is 11.8 Å². The topological polar surface area (TPSA) is 105 Å². The molecule has 1 saturated carbocycles. The zero-order valence-electron chi connectivity index (χ0n) is 23.4. The maximum Gasteiger partial charge on any atom is 0.244 e. The van der Waals surface area contributed by atoms with Crippen molar-refractivity contribution < 1.29 is 27.5 Å². The maximum atomic E-state index is 14.1. The fourth-order valence-corrected chi connectivity index (χ4v) is 6.80. The number of benzene rings is 2. The van der Waals surface area contributed by atoms with Crippen molar-refractivity contribution in [2.24, 2.45) is 0 Å². The number of halogens is 2. The highest BCUT2D eigenvalue weighted by molar-refractivity contribution is 7.92. The Bertz CT molecular complexity index is 1330. The van der Waals surface area contributed by atoms with Crippen LogP contribution in [0.4, 0.5) is 5.69 Å². The van der Waals surface area contributed by atoms with Gasteiger partial charge in [0.15, 0.2) is 11.5 Å². The number of nitrogens with zero attached hydrogens (tertiary/aromatic N) is 2. The number of amides is 2. The van der Waals surface area contributed by atoms with Crippen molar-refractivity contribution >= 4 is 50.7 Å². The average Bonchev–Trinajstić information content (AvgIpc) is 2.97. The van der Waals surface area contributed by atoms with Gasteiger partial charge >= 0.3 is 0 Å². The molecule has 9 nitrogen and oxygen atoms in total. The van der Waals surface area contributed by atoms with Gasteiger partial charge in [-0.2, -0.15) is 0 Å². The van der Waals surface area contributed by atoms with Gasteiger partial charge in [-0.1, -0.05) is 55.5 Å². The highest BCUT2D eigenvalue weighted by Gasteiger charge is 2.34. The minimum absolute atomic E-state index is 0.0424. The summed E-state index contributed by atoms with van der Waals surface area (Å²) in [5, 5.41) is 3.82. The largest absolute Gasteiger partial charge is 0.486 e. The van der Waals surface area contributed by atoms with Crippen molar-refractivity contribution in [1.29, 1.82) is 0 Å². The van der Waals surface area contributed by atoms with Gasteiger partial charge in [0.05, 0.1) is 11.4 Å². The number of hydrogen-bond acceptors (Lipinski definition) is 6. The highest BCUT2D eigenvalue weighted by Crippen LogP contribution is 2.35. The number of carbonyl (C=O) groups excluding carboxylic acids is 2. The van der Waals surface area contributed by atoms with Crippen LogP contribution in [0.15, 0.2) is 36.4 Å². The Labute approximate surface area is 252 Å². The Kier molecular flexibility index (Phi) is 10.7. The normalized spacial score (nSPS) is 16.1. The van der Waals surface area contributed by atoms with E-state index in [2.05, 4.69) is 5.32 Å². The fourth-order valence-electron chi connectivity index (χ4n) is 5.22. The molecule has 1 N–H and O–H groups in total. The summed E-state index contributed by atoms with van der Waals surface area (Å²) in [5.41, 5.74) is 0.747. The minimum Gasteiger partial charge on any atom is -0.486 e. The summed E-state index contributed by atoms with van der Waals surface area (Å²) in [7, 11) is -3.90. The molecular weight excluding hydrogens is 589 g/mol. The number of rotatable bonds is 11. The minimum atomic E-state index is -3.90. The average molecular weight is 627 g/mol. The van der Waals surface area contributed by atoms with Gasteiger partial charge in [-0.25, -0.2) is 8.42 Å². The number of ether oxygens (including phenoxy) is 2. The van der Waals surface area contributed by atoms with Gasteiger partial charge in [0.1, 0.15) is 25.8 Å². The first-order chi connectivity index (χ1) is 19.6. The van der Waals surface area contributed by atoms with Gasteiger partial charge in [0, 0.05) is 34.3 Å². The fraction of sp³-hybridized carbons (Fsp3) is 0.517. The predicted molar refractivity (Wildman–Crippen MR) is 160 cm³/mol. The van der Waals surface area contributed by atoms with Crippen molar-refractivity contribution in [2.45, 2.75) is 71.0 Å². The van der Waals surface area contributed by atoms with Crippen LogP contribution < -0.4 is 19.1 Å².